The lowest BCUT2D eigenvalue weighted by atomic mass is 9.52. The smallest absolute Gasteiger partial charge is 0.238 e. The van der Waals surface area contributed by atoms with Crippen molar-refractivity contribution in [2.45, 2.75) is 58.6 Å². The van der Waals surface area contributed by atoms with Crippen LogP contribution in [0.15, 0.2) is 0 Å². The Bertz CT molecular complexity index is 235. The van der Waals surface area contributed by atoms with Gasteiger partial charge in [-0.25, -0.2) is 0 Å². The lowest BCUT2D eigenvalue weighted by molar-refractivity contribution is 0.186. The summed E-state index contributed by atoms with van der Waals surface area (Å²) in [5, 5.41) is 0. The first kappa shape index (κ1) is 16.0. The number of hydrogen-bond acceptors (Lipinski definition) is 3. The summed E-state index contributed by atoms with van der Waals surface area (Å²) in [6.45, 7) is 11.2. The summed E-state index contributed by atoms with van der Waals surface area (Å²) in [5.74, 6) is 0. The third kappa shape index (κ3) is 4.25. The van der Waals surface area contributed by atoms with Crippen LogP contribution in [0.5, 0.6) is 0 Å². The lowest BCUT2D eigenvalue weighted by Crippen LogP contribution is -2.58. The van der Waals surface area contributed by atoms with E-state index in [1.54, 1.807) is 0 Å². The Balaban J connectivity index is 2.58. The maximum Gasteiger partial charge on any atom is 0.238 e. The molecule has 1 saturated heterocycles. The van der Waals surface area contributed by atoms with Crippen molar-refractivity contribution < 1.29 is 0 Å². The normalized spacial score (nSPS) is 22.8. The highest BCUT2D eigenvalue weighted by Crippen LogP contribution is 2.21. The maximum absolute atomic E-state index is 2.68. The summed E-state index contributed by atoms with van der Waals surface area (Å²) in [4.78, 5) is 7.55. The van der Waals surface area contributed by atoms with E-state index in [9.17, 15) is 0 Å². The maximum atomic E-state index is 2.68. The van der Waals surface area contributed by atoms with Gasteiger partial charge in [-0.05, 0) is 46.1 Å². The third-order valence-corrected chi connectivity index (χ3v) is 4.15. The van der Waals surface area contributed by atoms with Gasteiger partial charge in [0.2, 0.25) is 6.85 Å². The van der Waals surface area contributed by atoms with E-state index in [1.165, 1.54) is 25.7 Å². The van der Waals surface area contributed by atoms with Crippen molar-refractivity contribution >= 4 is 6.85 Å². The van der Waals surface area contributed by atoms with E-state index in [-0.39, 0.29) is 0 Å². The molecule has 106 valence electrons. The van der Waals surface area contributed by atoms with Crippen LogP contribution in [0.3, 0.4) is 0 Å². The summed E-state index contributed by atoms with van der Waals surface area (Å²) in [6.07, 6.45) is 3.89. The van der Waals surface area contributed by atoms with E-state index in [2.05, 4.69) is 63.4 Å². The van der Waals surface area contributed by atoms with Crippen molar-refractivity contribution in [1.82, 2.24) is 14.6 Å². The fourth-order valence-electron chi connectivity index (χ4n) is 3.51. The first-order valence-corrected chi connectivity index (χ1v) is 7.45. The molecule has 0 saturated carbocycles. The van der Waals surface area contributed by atoms with Crippen LogP contribution in [0.4, 0.5) is 0 Å². The zero-order chi connectivity index (χ0) is 13.9. The summed E-state index contributed by atoms with van der Waals surface area (Å²) < 4.78 is 0. The molecule has 1 aliphatic heterocycles. The van der Waals surface area contributed by atoms with Crippen molar-refractivity contribution in [3.8, 4) is 0 Å². The topological polar surface area (TPSA) is 9.72 Å². The molecule has 1 atom stereocenters. The number of likely N-dealkylation sites (N-methyl/N-ethyl adjacent to an activating group) is 2. The first-order chi connectivity index (χ1) is 8.32. The number of rotatable bonds is 5. The average Bonchev–Trinajstić information content (AvgIpc) is 2.20. The van der Waals surface area contributed by atoms with Crippen LogP contribution < -0.4 is 0 Å². The summed E-state index contributed by atoms with van der Waals surface area (Å²) in [6, 6.07) is 2.03. The zero-order valence-electron chi connectivity index (χ0n) is 13.5. The lowest BCUT2D eigenvalue weighted by Gasteiger charge is -2.44. The predicted molar refractivity (Wildman–Crippen MR) is 82.3 cm³/mol. The minimum absolute atomic E-state index is 0.647. The highest BCUT2D eigenvalue weighted by atomic mass is 15.2. The van der Waals surface area contributed by atoms with E-state index in [0.717, 1.165) is 12.9 Å². The Kier molecular flexibility index (Phi) is 6.15. The highest BCUT2D eigenvalue weighted by Gasteiger charge is 2.34. The number of hydrogen-bond donors (Lipinski definition) is 0. The van der Waals surface area contributed by atoms with E-state index < -0.39 is 0 Å². The quantitative estimate of drug-likeness (QED) is 0.693. The largest absolute Gasteiger partial charge is 0.337 e. The van der Waals surface area contributed by atoms with Gasteiger partial charge in [0.1, 0.15) is 0 Å². The molecule has 0 aliphatic carbocycles. The van der Waals surface area contributed by atoms with Gasteiger partial charge in [-0.15, -0.1) is 0 Å². The molecule has 0 amide bonds. The molecule has 3 nitrogen and oxygen atoms in total. The monoisotopic (exact) mass is 253 g/mol. The minimum Gasteiger partial charge on any atom is -0.337 e. The van der Waals surface area contributed by atoms with Crippen molar-refractivity contribution in [2.24, 2.45) is 0 Å². The molecule has 18 heavy (non-hydrogen) atoms. The highest BCUT2D eigenvalue weighted by molar-refractivity contribution is 6.56. The molecule has 1 heterocycles. The molecule has 0 N–H and O–H groups in total. The van der Waals surface area contributed by atoms with Crippen LogP contribution in [0.1, 0.15) is 34.1 Å². The summed E-state index contributed by atoms with van der Waals surface area (Å²) in [5.41, 5.74) is 0. The molecule has 0 aromatic carbocycles. The second-order valence-electron chi connectivity index (χ2n) is 6.72. The van der Waals surface area contributed by atoms with Gasteiger partial charge in [0.15, 0.2) is 0 Å². The molecule has 4 heteroatoms. The van der Waals surface area contributed by atoms with Gasteiger partial charge >= 0.3 is 0 Å². The van der Waals surface area contributed by atoms with Gasteiger partial charge in [0.25, 0.3) is 0 Å². The van der Waals surface area contributed by atoms with Crippen LogP contribution in [-0.2, 0) is 0 Å². The van der Waals surface area contributed by atoms with E-state index in [1.807, 2.05) is 0 Å². The minimum atomic E-state index is 0.647. The molecule has 1 unspecified atom stereocenters. The van der Waals surface area contributed by atoms with Crippen molar-refractivity contribution in [3.63, 3.8) is 0 Å². The molecule has 0 aromatic heterocycles. The Hall–Kier alpha value is -0.0551. The molecule has 1 rings (SSSR count). The fourth-order valence-corrected chi connectivity index (χ4v) is 3.51. The molecule has 1 aliphatic rings. The Morgan fingerprint density at radius 1 is 1.17 bits per heavy atom. The van der Waals surface area contributed by atoms with Crippen LogP contribution in [-0.4, -0.2) is 73.7 Å². The van der Waals surface area contributed by atoms with Crippen LogP contribution >= 0.6 is 0 Å². The Labute approximate surface area is 115 Å². The van der Waals surface area contributed by atoms with E-state index in [0.29, 0.717) is 12.1 Å². The van der Waals surface area contributed by atoms with Crippen molar-refractivity contribution in [2.75, 3.05) is 34.1 Å². The van der Waals surface area contributed by atoms with Gasteiger partial charge in [-0.1, -0.05) is 34.0 Å². The van der Waals surface area contributed by atoms with Gasteiger partial charge in [-0.2, -0.15) is 0 Å². The molecular weight excluding hydrogens is 221 g/mol. The van der Waals surface area contributed by atoms with Gasteiger partial charge in [-0.3, -0.25) is 0 Å². The average molecular weight is 253 g/mol. The van der Waals surface area contributed by atoms with Crippen LogP contribution in [0.25, 0.3) is 0 Å². The first-order valence-electron chi connectivity index (χ1n) is 7.45. The predicted octanol–water partition coefficient (Wildman–Crippen LogP) is 1.90. The molecule has 0 spiro atoms. The van der Waals surface area contributed by atoms with Gasteiger partial charge in [0, 0.05) is 12.6 Å². The second kappa shape index (κ2) is 6.92. The van der Waals surface area contributed by atoms with E-state index in [4.69, 9.17) is 0 Å². The van der Waals surface area contributed by atoms with E-state index >= 15 is 0 Å². The van der Waals surface area contributed by atoms with Gasteiger partial charge in [0.05, 0.1) is 0 Å². The SMILES string of the molecule is CC(C)N(B1CCC(CN(C)C)N(C)C1)C(C)C. The standard InChI is InChI=1S/C14H32BN3/c1-12(2)18(13(3)4)15-9-8-14(10-16(5)6)17(7)11-15/h12-14H,8-11H2,1-7H3. The summed E-state index contributed by atoms with van der Waals surface area (Å²) >= 11 is 0. The van der Waals surface area contributed by atoms with Gasteiger partial charge < -0.3 is 14.6 Å². The second-order valence-corrected chi connectivity index (χ2v) is 6.72. The molecule has 0 radical (unpaired) electrons. The molecule has 0 bridgehead atoms. The zero-order valence-corrected chi connectivity index (χ0v) is 13.5. The molecular formula is C14H32BN3. The van der Waals surface area contributed by atoms with Crippen LogP contribution in [0.2, 0.25) is 6.32 Å². The third-order valence-electron chi connectivity index (χ3n) is 4.15. The molecule has 0 aromatic rings. The van der Waals surface area contributed by atoms with Crippen molar-refractivity contribution in [3.05, 3.63) is 0 Å². The number of nitrogens with zero attached hydrogens (tertiary/aromatic N) is 3. The van der Waals surface area contributed by atoms with Crippen LogP contribution in [0, 0.1) is 0 Å². The Morgan fingerprint density at radius 2 is 1.72 bits per heavy atom. The summed E-state index contributed by atoms with van der Waals surface area (Å²) in [7, 11) is 6.64. The molecule has 1 fully saturated rings. The van der Waals surface area contributed by atoms with Crippen molar-refractivity contribution in [1.29, 1.82) is 0 Å². The Morgan fingerprint density at radius 3 is 2.11 bits per heavy atom. The fraction of sp³-hybridized carbons (Fsp3) is 1.00.